The van der Waals surface area contributed by atoms with Gasteiger partial charge in [0.25, 0.3) is 0 Å². The Hall–Kier alpha value is -6.90. The van der Waals surface area contributed by atoms with Gasteiger partial charge in [-0.05, 0) is 101 Å². The van der Waals surface area contributed by atoms with Crippen molar-refractivity contribution in [3.05, 3.63) is 204 Å². The van der Waals surface area contributed by atoms with Gasteiger partial charge < -0.3 is 9.47 Å². The molecule has 0 unspecified atom stereocenters. The minimum atomic E-state index is -0.269. The van der Waals surface area contributed by atoms with E-state index in [4.69, 9.17) is 0 Å². The molecule has 0 bridgehead atoms. The normalized spacial score (nSPS) is 13.1. The van der Waals surface area contributed by atoms with E-state index in [0.29, 0.717) is 0 Å². The first-order chi connectivity index (χ1) is 27.9. The number of aryl methyl sites for hydroxylation is 2. The molecule has 0 amide bonds. The summed E-state index contributed by atoms with van der Waals surface area (Å²) in [6.07, 6.45) is 0. The van der Waals surface area contributed by atoms with Crippen molar-refractivity contribution < 1.29 is 0 Å². The molecule has 11 rings (SSSR count). The zero-order chi connectivity index (χ0) is 38.4. The monoisotopic (exact) mass is 730 g/mol. The van der Waals surface area contributed by atoms with E-state index in [-0.39, 0.29) is 5.41 Å². The maximum absolute atomic E-state index is 2.51. The lowest BCUT2D eigenvalue weighted by Crippen LogP contribution is -2.17. The molecule has 1 aromatic heterocycles. The highest BCUT2D eigenvalue weighted by Gasteiger charge is 2.38. The Morgan fingerprint density at radius 1 is 0.456 bits per heavy atom. The molecule has 57 heavy (non-hydrogen) atoms. The summed E-state index contributed by atoms with van der Waals surface area (Å²) in [6, 6.07) is 67.6. The maximum atomic E-state index is 2.51. The van der Waals surface area contributed by atoms with Crippen LogP contribution in [0.5, 0.6) is 0 Å². The van der Waals surface area contributed by atoms with Crippen LogP contribution in [0.25, 0.3) is 71.3 Å². The molecule has 2 heteroatoms. The fourth-order valence-electron chi connectivity index (χ4n) is 9.68. The highest BCUT2D eigenvalue weighted by atomic mass is 15.1. The molecule has 0 aliphatic heterocycles. The SMILES string of the molecule is Cc1ccc(N(c2cccc3ccccc23)c2cc3c(c4ccccc24)-c2ccc(-n4c5ccc(C)cc5c5cccc(-c6ccccc6)c54)cc2C3(C)C)cc1. The van der Waals surface area contributed by atoms with Gasteiger partial charge in [0.2, 0.25) is 0 Å². The zero-order valence-corrected chi connectivity index (χ0v) is 32.7. The number of para-hydroxylation sites is 1. The Morgan fingerprint density at radius 3 is 1.96 bits per heavy atom. The zero-order valence-electron chi connectivity index (χ0n) is 32.7. The van der Waals surface area contributed by atoms with Gasteiger partial charge in [-0.25, -0.2) is 0 Å². The molecule has 272 valence electrons. The van der Waals surface area contributed by atoms with Crippen LogP contribution in [0, 0.1) is 13.8 Å². The molecule has 0 saturated heterocycles. The molecule has 0 saturated carbocycles. The fourth-order valence-corrected chi connectivity index (χ4v) is 9.68. The number of hydrogen-bond acceptors (Lipinski definition) is 1. The van der Waals surface area contributed by atoms with Gasteiger partial charge in [0.05, 0.1) is 22.4 Å². The van der Waals surface area contributed by atoms with E-state index in [1.54, 1.807) is 0 Å². The van der Waals surface area contributed by atoms with Crippen LogP contribution in [0.1, 0.15) is 36.1 Å². The minimum Gasteiger partial charge on any atom is -0.309 e. The Labute approximate surface area is 333 Å². The van der Waals surface area contributed by atoms with Crippen LogP contribution in [0.3, 0.4) is 0 Å². The second-order valence-corrected chi connectivity index (χ2v) is 16.3. The smallest absolute Gasteiger partial charge is 0.0619 e. The van der Waals surface area contributed by atoms with Crippen LogP contribution in [0.2, 0.25) is 0 Å². The Kier molecular flexibility index (Phi) is 7.37. The van der Waals surface area contributed by atoms with Crippen LogP contribution in [0.15, 0.2) is 182 Å². The quantitative estimate of drug-likeness (QED) is 0.171. The van der Waals surface area contributed by atoms with Gasteiger partial charge in [0, 0.05) is 43.9 Å². The molecule has 1 aliphatic carbocycles. The number of anilines is 3. The van der Waals surface area contributed by atoms with Crippen molar-refractivity contribution in [1.29, 1.82) is 0 Å². The molecule has 0 atom stereocenters. The predicted octanol–water partition coefficient (Wildman–Crippen LogP) is 15.2. The number of fused-ring (bicyclic) bond motifs is 9. The molecule has 2 nitrogen and oxygen atoms in total. The molecule has 9 aromatic carbocycles. The Bertz CT molecular complexity index is 3210. The molecule has 1 heterocycles. The van der Waals surface area contributed by atoms with E-state index in [9.17, 15) is 0 Å². The van der Waals surface area contributed by atoms with Crippen LogP contribution in [-0.2, 0) is 5.41 Å². The number of nitrogens with zero attached hydrogens (tertiary/aromatic N) is 2. The summed E-state index contributed by atoms with van der Waals surface area (Å²) in [6.45, 7) is 9.18. The molecule has 0 N–H and O–H groups in total. The summed E-state index contributed by atoms with van der Waals surface area (Å²) >= 11 is 0. The van der Waals surface area contributed by atoms with Gasteiger partial charge in [-0.2, -0.15) is 0 Å². The summed E-state index contributed by atoms with van der Waals surface area (Å²) in [5, 5.41) is 7.54. The molecular weight excluding hydrogens is 689 g/mol. The summed E-state index contributed by atoms with van der Waals surface area (Å²) in [5.74, 6) is 0. The molecule has 0 fully saturated rings. The van der Waals surface area contributed by atoms with Crippen molar-refractivity contribution in [1.82, 2.24) is 4.57 Å². The van der Waals surface area contributed by atoms with Crippen LogP contribution >= 0.6 is 0 Å². The highest BCUT2D eigenvalue weighted by Crippen LogP contribution is 2.55. The standard InChI is InChI=1S/C55H42N2/c1-35-24-27-39(28-25-35)56(50-23-12-17-37-16-8-9-18-41(37)50)52-34-49-53(44-20-11-10-19-43(44)52)46-30-29-40(33-48(46)55(49,3)4)57-51-31-26-36(2)32-47(51)45-22-13-21-42(54(45)57)38-14-6-5-7-15-38/h5-34H,1-4H3. The summed E-state index contributed by atoms with van der Waals surface area (Å²) in [7, 11) is 0. The lowest BCUT2D eigenvalue weighted by Gasteiger charge is -2.30. The van der Waals surface area contributed by atoms with Gasteiger partial charge in [0.15, 0.2) is 0 Å². The van der Waals surface area contributed by atoms with Crippen molar-refractivity contribution in [2.45, 2.75) is 33.1 Å². The van der Waals surface area contributed by atoms with E-state index in [0.717, 1.165) is 5.69 Å². The lowest BCUT2D eigenvalue weighted by atomic mass is 9.81. The first kappa shape index (κ1) is 33.4. The average Bonchev–Trinajstić information content (AvgIpc) is 3.69. The van der Waals surface area contributed by atoms with Gasteiger partial charge in [-0.1, -0.05) is 158 Å². The Balaban J connectivity index is 1.16. The van der Waals surface area contributed by atoms with Crippen LogP contribution < -0.4 is 4.90 Å². The summed E-state index contributed by atoms with van der Waals surface area (Å²) in [5.41, 5.74) is 17.2. The van der Waals surface area contributed by atoms with Crippen molar-refractivity contribution in [2.75, 3.05) is 4.90 Å². The first-order valence-electron chi connectivity index (χ1n) is 20.0. The molecule has 0 spiro atoms. The molecule has 0 radical (unpaired) electrons. The van der Waals surface area contributed by atoms with Crippen molar-refractivity contribution in [2.24, 2.45) is 0 Å². The lowest BCUT2D eigenvalue weighted by molar-refractivity contribution is 0.660. The topological polar surface area (TPSA) is 8.17 Å². The third-order valence-corrected chi connectivity index (χ3v) is 12.5. The van der Waals surface area contributed by atoms with Crippen molar-refractivity contribution >= 4 is 60.4 Å². The molecule has 10 aromatic rings. The number of hydrogen-bond donors (Lipinski definition) is 0. The molecular formula is C55H42N2. The number of rotatable bonds is 5. The Morgan fingerprint density at radius 2 is 1.14 bits per heavy atom. The fraction of sp³-hybridized carbons (Fsp3) is 0.0909. The van der Waals surface area contributed by atoms with E-state index < -0.39 is 0 Å². The van der Waals surface area contributed by atoms with E-state index in [2.05, 4.69) is 219 Å². The van der Waals surface area contributed by atoms with Gasteiger partial charge >= 0.3 is 0 Å². The van der Waals surface area contributed by atoms with Crippen LogP contribution in [0.4, 0.5) is 17.1 Å². The maximum Gasteiger partial charge on any atom is 0.0619 e. The van der Waals surface area contributed by atoms with Gasteiger partial charge in [-0.15, -0.1) is 0 Å². The van der Waals surface area contributed by atoms with E-state index >= 15 is 0 Å². The third kappa shape index (κ3) is 5.03. The summed E-state index contributed by atoms with van der Waals surface area (Å²) < 4.78 is 2.51. The highest BCUT2D eigenvalue weighted by molar-refractivity contribution is 6.15. The predicted molar refractivity (Wildman–Crippen MR) is 243 cm³/mol. The largest absolute Gasteiger partial charge is 0.309 e. The van der Waals surface area contributed by atoms with Crippen molar-refractivity contribution in [3.8, 4) is 27.9 Å². The minimum absolute atomic E-state index is 0.269. The number of aromatic nitrogens is 1. The molecule has 1 aliphatic rings. The van der Waals surface area contributed by atoms with Crippen molar-refractivity contribution in [3.63, 3.8) is 0 Å². The second kappa shape index (κ2) is 12.6. The third-order valence-electron chi connectivity index (χ3n) is 12.5. The van der Waals surface area contributed by atoms with E-state index in [1.165, 1.54) is 105 Å². The van der Waals surface area contributed by atoms with Crippen LogP contribution in [-0.4, -0.2) is 4.57 Å². The van der Waals surface area contributed by atoms with Gasteiger partial charge in [0.1, 0.15) is 0 Å². The summed E-state index contributed by atoms with van der Waals surface area (Å²) in [4.78, 5) is 2.49. The first-order valence-corrected chi connectivity index (χ1v) is 20.0. The van der Waals surface area contributed by atoms with Gasteiger partial charge in [-0.3, -0.25) is 0 Å². The van der Waals surface area contributed by atoms with E-state index in [1.807, 2.05) is 0 Å². The second-order valence-electron chi connectivity index (χ2n) is 16.3. The number of benzene rings is 9. The average molecular weight is 731 g/mol.